The second-order valence-electron chi connectivity index (χ2n) is 5.53. The molecule has 1 aromatic heterocycles. The summed E-state index contributed by atoms with van der Waals surface area (Å²) in [5, 5.41) is 7.15. The van der Waals surface area contributed by atoms with E-state index in [1.165, 1.54) is 7.11 Å². The summed E-state index contributed by atoms with van der Waals surface area (Å²) < 4.78 is 4.90. The van der Waals surface area contributed by atoms with Crippen LogP contribution in [0.25, 0.3) is 0 Å². The van der Waals surface area contributed by atoms with Crippen molar-refractivity contribution >= 4 is 11.8 Å². The predicted molar refractivity (Wildman–Crippen MR) is 74.7 cm³/mol. The second kappa shape index (κ2) is 5.85. The Hall–Kier alpha value is -1.89. The number of H-pyrrole nitrogens is 1. The number of hydrogen-bond donors (Lipinski definition) is 1. The van der Waals surface area contributed by atoms with E-state index in [-0.39, 0.29) is 18.4 Å². The van der Waals surface area contributed by atoms with Crippen LogP contribution in [-0.2, 0) is 22.5 Å². The van der Waals surface area contributed by atoms with Crippen LogP contribution in [0, 0.1) is 0 Å². The lowest BCUT2D eigenvalue weighted by molar-refractivity contribution is -0.136. The Balaban J connectivity index is 1.78. The van der Waals surface area contributed by atoms with Gasteiger partial charge in [-0.1, -0.05) is 0 Å². The zero-order valence-corrected chi connectivity index (χ0v) is 12.2. The van der Waals surface area contributed by atoms with Gasteiger partial charge in [0.25, 0.3) is 5.91 Å². The molecule has 0 aliphatic carbocycles. The molecule has 0 radical (unpaired) electrons. The Kier molecular flexibility index (Phi) is 3.92. The van der Waals surface area contributed by atoms with Crippen molar-refractivity contribution in [2.45, 2.75) is 25.8 Å². The number of carbonyl (C=O) groups is 2. The molecule has 1 saturated heterocycles. The van der Waals surface area contributed by atoms with Gasteiger partial charge in [-0.2, -0.15) is 5.10 Å². The molecule has 2 aliphatic rings. The Bertz CT molecular complexity index is 548. The molecule has 2 amide bonds. The molecule has 1 N–H and O–H groups in total. The predicted octanol–water partition coefficient (Wildman–Crippen LogP) is 0.177. The van der Waals surface area contributed by atoms with Crippen molar-refractivity contribution in [3.8, 4) is 0 Å². The Morgan fingerprint density at radius 3 is 2.71 bits per heavy atom. The summed E-state index contributed by atoms with van der Waals surface area (Å²) in [4.78, 5) is 28.0. The van der Waals surface area contributed by atoms with Crippen molar-refractivity contribution in [2.75, 3.05) is 33.4 Å². The van der Waals surface area contributed by atoms with E-state index in [1.54, 1.807) is 4.90 Å². The topological polar surface area (TPSA) is 78.5 Å². The molecule has 2 aliphatic heterocycles. The van der Waals surface area contributed by atoms with E-state index < -0.39 is 0 Å². The smallest absolute Gasteiger partial charge is 0.274 e. The number of methoxy groups -OCH3 is 1. The lowest BCUT2D eigenvalue weighted by atomic mass is 10.0. The van der Waals surface area contributed by atoms with Gasteiger partial charge in [-0.05, 0) is 12.8 Å². The molecule has 21 heavy (non-hydrogen) atoms. The Morgan fingerprint density at radius 2 is 2.00 bits per heavy atom. The van der Waals surface area contributed by atoms with Gasteiger partial charge in [-0.3, -0.25) is 14.7 Å². The molecule has 3 rings (SSSR count). The zero-order valence-electron chi connectivity index (χ0n) is 12.2. The number of aromatic amines is 1. The normalized spacial score (nSPS) is 18.0. The van der Waals surface area contributed by atoms with Crippen LogP contribution < -0.4 is 0 Å². The largest absolute Gasteiger partial charge is 0.375 e. The van der Waals surface area contributed by atoms with Gasteiger partial charge in [0.2, 0.25) is 5.91 Å². The van der Waals surface area contributed by atoms with Crippen molar-refractivity contribution in [2.24, 2.45) is 0 Å². The molecular weight excluding hydrogens is 272 g/mol. The van der Waals surface area contributed by atoms with Crippen molar-refractivity contribution in [1.82, 2.24) is 20.0 Å². The molecule has 7 heteroatoms. The standard InChI is InChI=1S/C14H20N4O3/c1-21-9-12(19)18-7-4-11-10(8-18)13(16-15-11)14(20)17-5-2-3-6-17/h2-9H2,1H3,(H,15,16). The summed E-state index contributed by atoms with van der Waals surface area (Å²) in [5.74, 6) is -0.0741. The third-order valence-electron chi connectivity index (χ3n) is 4.15. The van der Waals surface area contributed by atoms with Gasteiger partial charge >= 0.3 is 0 Å². The highest BCUT2D eigenvalue weighted by molar-refractivity contribution is 5.94. The van der Waals surface area contributed by atoms with E-state index in [9.17, 15) is 9.59 Å². The fourth-order valence-electron chi connectivity index (χ4n) is 2.97. The lowest BCUT2D eigenvalue weighted by Gasteiger charge is -2.27. The minimum atomic E-state index is -0.0519. The highest BCUT2D eigenvalue weighted by Gasteiger charge is 2.30. The molecular formula is C14H20N4O3. The first kappa shape index (κ1) is 14.1. The van der Waals surface area contributed by atoms with E-state index >= 15 is 0 Å². The number of fused-ring (bicyclic) bond motifs is 1. The SMILES string of the molecule is COCC(=O)N1CCc2[nH]nc(C(=O)N3CCCC3)c2C1. The highest BCUT2D eigenvalue weighted by atomic mass is 16.5. The van der Waals surface area contributed by atoms with Gasteiger partial charge < -0.3 is 14.5 Å². The van der Waals surface area contributed by atoms with Crippen molar-refractivity contribution < 1.29 is 14.3 Å². The van der Waals surface area contributed by atoms with Crippen LogP contribution in [0.1, 0.15) is 34.6 Å². The van der Waals surface area contributed by atoms with E-state index in [4.69, 9.17) is 4.74 Å². The van der Waals surface area contributed by atoms with E-state index in [2.05, 4.69) is 10.2 Å². The number of ether oxygens (including phenoxy) is 1. The number of carbonyl (C=O) groups excluding carboxylic acids is 2. The van der Waals surface area contributed by atoms with Crippen LogP contribution in [0.15, 0.2) is 0 Å². The average molecular weight is 292 g/mol. The van der Waals surface area contributed by atoms with Crippen LogP contribution >= 0.6 is 0 Å². The Morgan fingerprint density at radius 1 is 1.24 bits per heavy atom. The van der Waals surface area contributed by atoms with Crippen LogP contribution in [-0.4, -0.2) is 65.2 Å². The van der Waals surface area contributed by atoms with E-state index in [0.717, 1.165) is 37.2 Å². The number of aromatic nitrogens is 2. The number of amides is 2. The van der Waals surface area contributed by atoms with Gasteiger partial charge in [0, 0.05) is 51.0 Å². The molecule has 1 fully saturated rings. The van der Waals surface area contributed by atoms with Gasteiger partial charge in [-0.25, -0.2) is 0 Å². The van der Waals surface area contributed by atoms with Gasteiger partial charge in [0.15, 0.2) is 5.69 Å². The maximum Gasteiger partial charge on any atom is 0.274 e. The maximum absolute atomic E-state index is 12.5. The third-order valence-corrected chi connectivity index (χ3v) is 4.15. The summed E-state index contributed by atoms with van der Waals surface area (Å²) in [6.45, 7) is 2.74. The first-order valence-electron chi connectivity index (χ1n) is 7.33. The van der Waals surface area contributed by atoms with Crippen molar-refractivity contribution in [3.63, 3.8) is 0 Å². The summed E-state index contributed by atoms with van der Waals surface area (Å²) in [6.07, 6.45) is 2.80. The number of nitrogens with zero attached hydrogens (tertiary/aromatic N) is 3. The summed E-state index contributed by atoms with van der Waals surface area (Å²) in [7, 11) is 1.51. The molecule has 0 spiro atoms. The minimum Gasteiger partial charge on any atom is -0.375 e. The fraction of sp³-hybridized carbons (Fsp3) is 0.643. The third kappa shape index (κ3) is 2.65. The molecule has 0 unspecified atom stereocenters. The summed E-state index contributed by atoms with van der Waals surface area (Å²) in [6, 6.07) is 0. The average Bonchev–Trinajstić information content (AvgIpc) is 3.15. The lowest BCUT2D eigenvalue weighted by Crippen LogP contribution is -2.39. The molecule has 7 nitrogen and oxygen atoms in total. The van der Waals surface area contributed by atoms with E-state index in [0.29, 0.717) is 25.2 Å². The monoisotopic (exact) mass is 292 g/mol. The van der Waals surface area contributed by atoms with Crippen LogP contribution in [0.5, 0.6) is 0 Å². The first-order chi connectivity index (χ1) is 10.2. The van der Waals surface area contributed by atoms with Crippen molar-refractivity contribution in [1.29, 1.82) is 0 Å². The van der Waals surface area contributed by atoms with Crippen molar-refractivity contribution in [3.05, 3.63) is 17.0 Å². The molecule has 114 valence electrons. The maximum atomic E-state index is 12.5. The van der Waals surface area contributed by atoms with Gasteiger partial charge in [0.1, 0.15) is 6.61 Å². The number of likely N-dealkylation sites (tertiary alicyclic amines) is 1. The molecule has 0 atom stereocenters. The minimum absolute atomic E-state index is 0.0222. The summed E-state index contributed by atoms with van der Waals surface area (Å²) in [5.41, 5.74) is 2.31. The van der Waals surface area contributed by atoms with Crippen LogP contribution in [0.2, 0.25) is 0 Å². The Labute approximate surface area is 123 Å². The summed E-state index contributed by atoms with van der Waals surface area (Å²) >= 11 is 0. The fourth-order valence-corrected chi connectivity index (χ4v) is 2.97. The zero-order chi connectivity index (χ0) is 14.8. The molecule has 0 saturated carbocycles. The first-order valence-corrected chi connectivity index (χ1v) is 7.33. The highest BCUT2D eigenvalue weighted by Crippen LogP contribution is 2.23. The van der Waals surface area contributed by atoms with Gasteiger partial charge in [-0.15, -0.1) is 0 Å². The molecule has 1 aromatic rings. The molecule has 0 bridgehead atoms. The van der Waals surface area contributed by atoms with E-state index in [1.807, 2.05) is 4.90 Å². The van der Waals surface area contributed by atoms with Crippen LogP contribution in [0.4, 0.5) is 0 Å². The number of nitrogens with one attached hydrogen (secondary N) is 1. The van der Waals surface area contributed by atoms with Gasteiger partial charge in [0.05, 0.1) is 0 Å². The molecule has 3 heterocycles. The second-order valence-corrected chi connectivity index (χ2v) is 5.53. The quantitative estimate of drug-likeness (QED) is 0.862. The number of rotatable bonds is 3. The van der Waals surface area contributed by atoms with Crippen LogP contribution in [0.3, 0.4) is 0 Å². The molecule has 0 aromatic carbocycles. The number of hydrogen-bond acceptors (Lipinski definition) is 4.